The lowest BCUT2D eigenvalue weighted by Gasteiger charge is -2.30. The van der Waals surface area contributed by atoms with Gasteiger partial charge in [-0.05, 0) is 49.9 Å². The number of carbonyl (C=O) groups excluding carboxylic acids is 2. The van der Waals surface area contributed by atoms with Crippen molar-refractivity contribution in [3.63, 3.8) is 0 Å². The van der Waals surface area contributed by atoms with Crippen LogP contribution in [0.3, 0.4) is 0 Å². The van der Waals surface area contributed by atoms with E-state index in [-0.39, 0.29) is 29.3 Å². The molecule has 1 atom stereocenters. The van der Waals surface area contributed by atoms with Crippen molar-refractivity contribution >= 4 is 11.9 Å². The second-order valence-electron chi connectivity index (χ2n) is 9.23. The number of likely N-dealkylation sites (tertiary alicyclic amines) is 1. The number of hydrogen-bond acceptors (Lipinski definition) is 6. The van der Waals surface area contributed by atoms with Gasteiger partial charge in [0.15, 0.2) is 5.69 Å². The van der Waals surface area contributed by atoms with Gasteiger partial charge in [-0.25, -0.2) is 9.37 Å². The molecule has 0 radical (unpaired) electrons. The van der Waals surface area contributed by atoms with Crippen LogP contribution in [0.5, 0.6) is 0 Å². The molecule has 190 valence electrons. The molecule has 2 aromatic carbocycles. The predicted octanol–water partition coefficient (Wildman–Crippen LogP) is 4.74. The number of halogens is 1. The summed E-state index contributed by atoms with van der Waals surface area (Å²) in [6.45, 7) is 6.62. The maximum atomic E-state index is 13.4. The van der Waals surface area contributed by atoms with Gasteiger partial charge in [0.25, 0.3) is 5.91 Å². The van der Waals surface area contributed by atoms with Gasteiger partial charge in [-0.3, -0.25) is 14.5 Å². The quantitative estimate of drug-likeness (QED) is 0.401. The number of benzene rings is 2. The molecule has 1 aliphatic heterocycles. The lowest BCUT2D eigenvalue weighted by atomic mass is 9.98. The Bertz CT molecular complexity index is 1180. The van der Waals surface area contributed by atoms with Crippen LogP contribution in [-0.4, -0.2) is 46.4 Å². The van der Waals surface area contributed by atoms with Crippen LogP contribution in [0, 0.1) is 18.7 Å². The van der Waals surface area contributed by atoms with Crippen molar-refractivity contribution in [1.82, 2.24) is 14.8 Å². The second kappa shape index (κ2) is 11.9. The fraction of sp³-hybridized carbons (Fsp3) is 0.393. The molecule has 1 aromatic heterocycles. The van der Waals surface area contributed by atoms with E-state index in [1.807, 2.05) is 19.1 Å². The number of aromatic nitrogens is 1. The van der Waals surface area contributed by atoms with E-state index in [0.717, 1.165) is 17.5 Å². The number of ether oxygens (including phenoxy) is 1. The zero-order valence-corrected chi connectivity index (χ0v) is 20.8. The van der Waals surface area contributed by atoms with Gasteiger partial charge in [-0.1, -0.05) is 42.0 Å². The van der Waals surface area contributed by atoms with Crippen LogP contribution in [-0.2, 0) is 29.2 Å². The van der Waals surface area contributed by atoms with Gasteiger partial charge in [0.2, 0.25) is 5.89 Å². The molecule has 3 aromatic rings. The Hall–Kier alpha value is -3.52. The lowest BCUT2D eigenvalue weighted by Crippen LogP contribution is -2.43. The number of esters is 1. The number of nitrogens with zero attached hydrogens (tertiary/aromatic N) is 3. The van der Waals surface area contributed by atoms with E-state index in [2.05, 4.69) is 22.0 Å². The molecule has 1 saturated heterocycles. The van der Waals surface area contributed by atoms with Crippen molar-refractivity contribution in [3.05, 3.63) is 88.9 Å². The van der Waals surface area contributed by atoms with E-state index in [9.17, 15) is 14.0 Å². The summed E-state index contributed by atoms with van der Waals surface area (Å²) in [6, 6.07) is 14.7. The van der Waals surface area contributed by atoms with Crippen molar-refractivity contribution in [2.75, 3.05) is 19.7 Å². The molecule has 0 spiro atoms. The van der Waals surface area contributed by atoms with Crippen LogP contribution in [0.25, 0.3) is 0 Å². The van der Waals surface area contributed by atoms with Gasteiger partial charge in [0.05, 0.1) is 19.1 Å². The molecular formula is C28H32FN3O4. The number of oxazole rings is 1. The minimum absolute atomic E-state index is 0.229. The third-order valence-electron chi connectivity index (χ3n) is 6.27. The lowest BCUT2D eigenvalue weighted by molar-refractivity contribution is -0.149. The van der Waals surface area contributed by atoms with Gasteiger partial charge in [0.1, 0.15) is 12.1 Å². The Balaban J connectivity index is 1.45. The van der Waals surface area contributed by atoms with Gasteiger partial charge < -0.3 is 14.1 Å². The summed E-state index contributed by atoms with van der Waals surface area (Å²) in [5.41, 5.74) is 3.50. The zero-order valence-electron chi connectivity index (χ0n) is 20.8. The summed E-state index contributed by atoms with van der Waals surface area (Å²) in [5.74, 6) is -0.671. The second-order valence-corrected chi connectivity index (χ2v) is 9.23. The highest BCUT2D eigenvalue weighted by Gasteiger charge is 2.31. The van der Waals surface area contributed by atoms with Crippen LogP contribution in [0.4, 0.5) is 4.39 Å². The van der Waals surface area contributed by atoms with E-state index < -0.39 is 0 Å². The van der Waals surface area contributed by atoms with Gasteiger partial charge in [-0.15, -0.1) is 0 Å². The number of amides is 1. The molecule has 4 rings (SSSR count). The highest BCUT2D eigenvalue weighted by Crippen LogP contribution is 2.21. The normalized spacial score (nSPS) is 15.8. The first-order chi connectivity index (χ1) is 17.4. The molecular weight excluding hydrogens is 461 g/mol. The monoisotopic (exact) mass is 493 g/mol. The summed E-state index contributed by atoms with van der Waals surface area (Å²) in [5, 5.41) is 0. The van der Waals surface area contributed by atoms with Crippen molar-refractivity contribution in [3.8, 4) is 0 Å². The maximum absolute atomic E-state index is 13.4. The number of carbonyl (C=O) groups is 2. The topological polar surface area (TPSA) is 75.9 Å². The highest BCUT2D eigenvalue weighted by atomic mass is 19.1. The van der Waals surface area contributed by atoms with Crippen LogP contribution >= 0.6 is 0 Å². The molecule has 1 amide bonds. The fourth-order valence-electron chi connectivity index (χ4n) is 4.53. The highest BCUT2D eigenvalue weighted by molar-refractivity contribution is 5.92. The molecule has 2 heterocycles. The Labute approximate surface area is 210 Å². The Morgan fingerprint density at radius 1 is 1.14 bits per heavy atom. The van der Waals surface area contributed by atoms with Crippen LogP contribution in [0.15, 0.2) is 59.2 Å². The average Bonchev–Trinajstić information content (AvgIpc) is 3.33. The third-order valence-corrected chi connectivity index (χ3v) is 6.27. The fourth-order valence-corrected chi connectivity index (χ4v) is 4.53. The summed E-state index contributed by atoms with van der Waals surface area (Å²) >= 11 is 0. The summed E-state index contributed by atoms with van der Waals surface area (Å²) < 4.78 is 24.2. The number of aryl methyl sites for hydroxylation is 1. The van der Waals surface area contributed by atoms with Gasteiger partial charge in [-0.2, -0.15) is 0 Å². The summed E-state index contributed by atoms with van der Waals surface area (Å²) in [4.78, 5) is 33.5. The van der Waals surface area contributed by atoms with Crippen LogP contribution in [0.2, 0.25) is 0 Å². The van der Waals surface area contributed by atoms with E-state index in [4.69, 9.17) is 9.15 Å². The zero-order chi connectivity index (χ0) is 25.5. The van der Waals surface area contributed by atoms with E-state index in [0.29, 0.717) is 51.6 Å². The standard InChI is InChI=1S/C28H32FN3O4/c1-3-35-28(34)23-8-5-13-32(17-23)27(33)25-19-36-26(30-25)18-31(15-21-9-11-24(29)12-10-21)16-22-7-4-6-20(2)14-22/h4,6-7,9-12,14,19,23H,3,5,8,13,15-18H2,1-2H3/t23-/m0/s1. The minimum atomic E-state index is -0.311. The summed E-state index contributed by atoms with van der Waals surface area (Å²) in [6.07, 6.45) is 2.83. The van der Waals surface area contributed by atoms with Crippen molar-refractivity contribution in [1.29, 1.82) is 0 Å². The van der Waals surface area contributed by atoms with Crippen molar-refractivity contribution < 1.29 is 23.1 Å². The van der Waals surface area contributed by atoms with Crippen LogP contribution in [0.1, 0.15) is 52.8 Å². The molecule has 0 N–H and O–H groups in total. The molecule has 1 aliphatic rings. The van der Waals surface area contributed by atoms with E-state index in [1.54, 1.807) is 24.0 Å². The minimum Gasteiger partial charge on any atom is -0.466 e. The first-order valence-electron chi connectivity index (χ1n) is 12.3. The molecule has 36 heavy (non-hydrogen) atoms. The molecule has 8 heteroatoms. The van der Waals surface area contributed by atoms with Gasteiger partial charge in [0, 0.05) is 26.2 Å². The molecule has 7 nitrogen and oxygen atoms in total. The number of hydrogen-bond donors (Lipinski definition) is 0. The van der Waals surface area contributed by atoms with E-state index >= 15 is 0 Å². The van der Waals surface area contributed by atoms with Crippen molar-refractivity contribution in [2.24, 2.45) is 5.92 Å². The smallest absolute Gasteiger partial charge is 0.310 e. The van der Waals surface area contributed by atoms with Crippen LogP contribution < -0.4 is 0 Å². The average molecular weight is 494 g/mol. The van der Waals surface area contributed by atoms with E-state index in [1.165, 1.54) is 24.0 Å². The molecule has 0 aliphatic carbocycles. The number of piperidine rings is 1. The number of rotatable bonds is 9. The third kappa shape index (κ3) is 6.79. The van der Waals surface area contributed by atoms with Gasteiger partial charge >= 0.3 is 5.97 Å². The largest absolute Gasteiger partial charge is 0.466 e. The SMILES string of the molecule is CCOC(=O)[C@H]1CCCN(C(=O)c2coc(CN(Cc3ccc(F)cc3)Cc3cccc(C)c3)n2)C1. The summed E-state index contributed by atoms with van der Waals surface area (Å²) in [7, 11) is 0. The first kappa shape index (κ1) is 25.6. The Kier molecular flexibility index (Phi) is 8.48. The first-order valence-corrected chi connectivity index (χ1v) is 12.3. The molecule has 1 fully saturated rings. The Morgan fingerprint density at radius 3 is 2.67 bits per heavy atom. The Morgan fingerprint density at radius 2 is 1.92 bits per heavy atom. The maximum Gasteiger partial charge on any atom is 0.310 e. The molecule has 0 unspecified atom stereocenters. The predicted molar refractivity (Wildman–Crippen MR) is 132 cm³/mol. The van der Waals surface area contributed by atoms with Crippen molar-refractivity contribution in [2.45, 2.75) is 46.3 Å². The molecule has 0 bridgehead atoms. The molecule has 0 saturated carbocycles.